The van der Waals surface area contributed by atoms with Gasteiger partial charge in [0.25, 0.3) is 0 Å². The summed E-state index contributed by atoms with van der Waals surface area (Å²) in [5.74, 6) is 1.83. The number of allylic oxidation sites excluding steroid dienone is 2. The fourth-order valence-electron chi connectivity index (χ4n) is 3.07. The Morgan fingerprint density at radius 2 is 1.77 bits per heavy atom. The minimum Gasteiger partial charge on any atom is -0.457 e. The predicted octanol–water partition coefficient (Wildman–Crippen LogP) is 6.17. The van der Waals surface area contributed by atoms with Crippen molar-refractivity contribution in [2.75, 3.05) is 5.32 Å². The normalized spacial score (nSPS) is 15.2. The second-order valence-electron chi connectivity index (χ2n) is 6.67. The summed E-state index contributed by atoms with van der Waals surface area (Å²) in [7, 11) is 0. The van der Waals surface area contributed by atoms with Gasteiger partial charge in [0.2, 0.25) is 5.82 Å². The van der Waals surface area contributed by atoms with Crippen molar-refractivity contribution in [2.24, 2.45) is 4.99 Å². The van der Waals surface area contributed by atoms with Crippen LogP contribution in [-0.2, 0) is 0 Å². The third kappa shape index (κ3) is 4.47. The lowest BCUT2D eigenvalue weighted by atomic mass is 10.1. The predicted molar refractivity (Wildman–Crippen MR) is 122 cm³/mol. The van der Waals surface area contributed by atoms with Crippen LogP contribution in [0.5, 0.6) is 11.5 Å². The highest BCUT2D eigenvalue weighted by Crippen LogP contribution is 2.35. The Morgan fingerprint density at radius 3 is 2.42 bits per heavy atom. The summed E-state index contributed by atoms with van der Waals surface area (Å²) in [5.41, 5.74) is 1.24. The van der Waals surface area contributed by atoms with Crippen molar-refractivity contribution >= 4 is 34.7 Å². The quantitative estimate of drug-likeness (QED) is 0.431. The van der Waals surface area contributed by atoms with Gasteiger partial charge in [0, 0.05) is 11.9 Å². The van der Waals surface area contributed by atoms with E-state index in [0.29, 0.717) is 23.0 Å². The topological polar surface area (TPSA) is 80.0 Å². The number of halogens is 2. The molecule has 156 valence electrons. The summed E-state index contributed by atoms with van der Waals surface area (Å²) in [4.78, 5) is 17.2. The zero-order valence-electron chi connectivity index (χ0n) is 16.3. The van der Waals surface area contributed by atoms with E-state index in [-0.39, 0.29) is 21.7 Å². The van der Waals surface area contributed by atoms with Crippen LogP contribution in [0.4, 0.5) is 5.69 Å². The molecule has 0 aromatic heterocycles. The zero-order valence-corrected chi connectivity index (χ0v) is 17.8. The van der Waals surface area contributed by atoms with Crippen LogP contribution in [0.15, 0.2) is 105 Å². The number of fused-ring (bicyclic) bond motifs is 1. The molecule has 0 saturated heterocycles. The van der Waals surface area contributed by atoms with Gasteiger partial charge in [0.05, 0.1) is 4.92 Å². The molecule has 2 aromatic carbocycles. The van der Waals surface area contributed by atoms with Crippen LogP contribution in [0, 0.1) is 10.1 Å². The van der Waals surface area contributed by atoms with E-state index in [1.165, 1.54) is 4.90 Å². The van der Waals surface area contributed by atoms with E-state index in [2.05, 4.69) is 10.3 Å². The molecule has 0 unspecified atom stereocenters. The summed E-state index contributed by atoms with van der Waals surface area (Å²) in [6.07, 6.45) is 5.22. The molecule has 0 radical (unpaired) electrons. The monoisotopic (exact) mass is 454 g/mol. The lowest BCUT2D eigenvalue weighted by Crippen LogP contribution is -2.34. The van der Waals surface area contributed by atoms with Crippen molar-refractivity contribution in [3.63, 3.8) is 0 Å². The molecule has 1 N–H and O–H groups in total. The summed E-state index contributed by atoms with van der Waals surface area (Å²) < 4.78 is 5.54. The molecule has 2 aromatic rings. The SMILES string of the molecule is CC1=CC2=NC(Nc3ccc(Oc4ccccc4)cc3)=C([N+](=O)[O-])C(=C(Cl)Cl)N2C=C1. The van der Waals surface area contributed by atoms with Gasteiger partial charge >= 0.3 is 5.70 Å². The average Bonchev–Trinajstić information content (AvgIpc) is 2.74. The fourth-order valence-corrected chi connectivity index (χ4v) is 3.43. The molecule has 0 bridgehead atoms. The van der Waals surface area contributed by atoms with Crippen molar-refractivity contribution in [3.8, 4) is 11.5 Å². The molecule has 0 atom stereocenters. The van der Waals surface area contributed by atoms with E-state index < -0.39 is 4.92 Å². The minimum atomic E-state index is -0.561. The van der Waals surface area contributed by atoms with Crippen molar-refractivity contribution in [3.05, 3.63) is 110 Å². The summed E-state index contributed by atoms with van der Waals surface area (Å²) in [6, 6.07) is 16.3. The lowest BCUT2D eigenvalue weighted by Gasteiger charge is -2.29. The first-order valence-electron chi connectivity index (χ1n) is 9.21. The van der Waals surface area contributed by atoms with Crippen LogP contribution >= 0.6 is 23.2 Å². The van der Waals surface area contributed by atoms with Crippen molar-refractivity contribution in [1.29, 1.82) is 0 Å². The maximum Gasteiger partial charge on any atom is 0.338 e. The molecule has 0 saturated carbocycles. The lowest BCUT2D eigenvalue weighted by molar-refractivity contribution is -0.423. The smallest absolute Gasteiger partial charge is 0.338 e. The number of hydrogen-bond acceptors (Lipinski definition) is 6. The van der Waals surface area contributed by atoms with Gasteiger partial charge in [-0.05, 0) is 61.0 Å². The maximum atomic E-state index is 11.9. The number of ether oxygens (including phenoxy) is 1. The van der Waals surface area contributed by atoms with Crippen molar-refractivity contribution < 1.29 is 9.66 Å². The maximum absolute atomic E-state index is 11.9. The molecule has 0 spiro atoms. The van der Waals surface area contributed by atoms with Gasteiger partial charge in [0.15, 0.2) is 5.70 Å². The number of nitro groups is 1. The Balaban J connectivity index is 1.67. The van der Waals surface area contributed by atoms with Gasteiger partial charge in [-0.1, -0.05) is 41.4 Å². The van der Waals surface area contributed by atoms with Crippen LogP contribution in [0.3, 0.4) is 0 Å². The number of nitrogens with one attached hydrogen (secondary N) is 1. The molecule has 2 heterocycles. The molecule has 0 aliphatic carbocycles. The summed E-state index contributed by atoms with van der Waals surface area (Å²) in [6.45, 7) is 1.90. The number of nitrogens with zero attached hydrogens (tertiary/aromatic N) is 3. The first-order valence-corrected chi connectivity index (χ1v) is 9.96. The number of amidine groups is 1. The standard InChI is InChI=1S/C22H16Cl2N4O3/c1-14-11-12-27-18(13-14)26-22(20(28(29)30)19(27)21(23)24)25-15-7-9-17(10-8-15)31-16-5-3-2-4-6-16/h2-13,25H,1H3. The number of rotatable bonds is 5. The Bertz CT molecular complexity index is 1180. The van der Waals surface area contributed by atoms with Crippen LogP contribution in [0.1, 0.15) is 6.92 Å². The number of para-hydroxylation sites is 1. The molecular formula is C22H16Cl2N4O3. The highest BCUT2D eigenvalue weighted by molar-refractivity contribution is 6.56. The molecule has 7 nitrogen and oxygen atoms in total. The van der Waals surface area contributed by atoms with E-state index in [1.54, 1.807) is 42.6 Å². The van der Waals surface area contributed by atoms with Crippen molar-refractivity contribution in [2.45, 2.75) is 6.92 Å². The number of benzene rings is 2. The summed E-state index contributed by atoms with van der Waals surface area (Å²) >= 11 is 12.1. The molecule has 9 heteroatoms. The highest BCUT2D eigenvalue weighted by Gasteiger charge is 2.37. The Labute approximate surface area is 188 Å². The van der Waals surface area contributed by atoms with E-state index >= 15 is 0 Å². The largest absolute Gasteiger partial charge is 0.457 e. The van der Waals surface area contributed by atoms with E-state index in [0.717, 1.165) is 5.57 Å². The van der Waals surface area contributed by atoms with E-state index in [1.807, 2.05) is 37.3 Å². The second kappa shape index (κ2) is 8.67. The molecule has 2 aliphatic rings. The third-order valence-corrected chi connectivity index (χ3v) is 4.82. The third-order valence-electron chi connectivity index (χ3n) is 4.46. The van der Waals surface area contributed by atoms with Crippen LogP contribution in [0.25, 0.3) is 0 Å². The Morgan fingerprint density at radius 1 is 1.10 bits per heavy atom. The van der Waals surface area contributed by atoms with Gasteiger partial charge in [-0.15, -0.1) is 0 Å². The molecule has 0 fully saturated rings. The number of anilines is 1. The van der Waals surface area contributed by atoms with Gasteiger partial charge in [-0.2, -0.15) is 0 Å². The molecule has 31 heavy (non-hydrogen) atoms. The summed E-state index contributed by atoms with van der Waals surface area (Å²) in [5, 5.41) is 14.9. The van der Waals surface area contributed by atoms with E-state index in [4.69, 9.17) is 27.9 Å². The van der Waals surface area contributed by atoms with E-state index in [9.17, 15) is 10.1 Å². The molecular weight excluding hydrogens is 439 g/mol. The number of hydrogen-bond donors (Lipinski definition) is 1. The second-order valence-corrected chi connectivity index (χ2v) is 7.62. The average molecular weight is 455 g/mol. The fraction of sp³-hybridized carbons (Fsp3) is 0.0455. The van der Waals surface area contributed by atoms with Crippen LogP contribution in [-0.4, -0.2) is 15.7 Å². The molecule has 2 aliphatic heterocycles. The van der Waals surface area contributed by atoms with Gasteiger partial charge in [0.1, 0.15) is 21.8 Å². The number of aliphatic imine (C=N–C) groups is 1. The van der Waals surface area contributed by atoms with Crippen LogP contribution < -0.4 is 10.1 Å². The van der Waals surface area contributed by atoms with Gasteiger partial charge < -0.3 is 10.1 Å². The van der Waals surface area contributed by atoms with Gasteiger partial charge in [-0.3, -0.25) is 15.0 Å². The zero-order chi connectivity index (χ0) is 22.0. The molecule has 0 amide bonds. The first kappa shape index (κ1) is 20.7. The van der Waals surface area contributed by atoms with Crippen molar-refractivity contribution in [1.82, 2.24) is 4.90 Å². The highest BCUT2D eigenvalue weighted by atomic mass is 35.5. The minimum absolute atomic E-state index is 0.0288. The first-order chi connectivity index (χ1) is 14.9. The Hall–Kier alpha value is -3.55. The molecule has 4 rings (SSSR count). The van der Waals surface area contributed by atoms with Gasteiger partial charge in [-0.25, -0.2) is 4.99 Å². The Kier molecular flexibility index (Phi) is 5.79. The van der Waals surface area contributed by atoms with Crippen LogP contribution in [0.2, 0.25) is 0 Å².